The van der Waals surface area contributed by atoms with Gasteiger partial charge in [-0.1, -0.05) is 0 Å². The predicted octanol–water partition coefficient (Wildman–Crippen LogP) is 1.96. The Morgan fingerprint density at radius 1 is 1.61 bits per heavy atom. The SMILES string of the molecule is CCOC(=O)/C=C/c1cnc(N[C@@H]2CCN(C(=O)O)C2)c(F)c1. The summed E-state index contributed by atoms with van der Waals surface area (Å²) in [4.78, 5) is 27.3. The quantitative estimate of drug-likeness (QED) is 0.636. The summed E-state index contributed by atoms with van der Waals surface area (Å²) in [6, 6.07) is 1.07. The Morgan fingerprint density at radius 2 is 2.39 bits per heavy atom. The van der Waals surface area contributed by atoms with Crippen LogP contribution in [0.4, 0.5) is 15.0 Å². The fourth-order valence-corrected chi connectivity index (χ4v) is 2.25. The molecule has 1 aromatic rings. The molecule has 0 radical (unpaired) electrons. The van der Waals surface area contributed by atoms with E-state index in [-0.39, 0.29) is 18.5 Å². The third-order valence-electron chi connectivity index (χ3n) is 3.36. The molecule has 0 aromatic carbocycles. The number of nitrogens with zero attached hydrogens (tertiary/aromatic N) is 2. The molecule has 0 aliphatic carbocycles. The molecule has 1 aliphatic heterocycles. The van der Waals surface area contributed by atoms with Gasteiger partial charge in [-0.3, -0.25) is 0 Å². The van der Waals surface area contributed by atoms with Crippen molar-refractivity contribution in [3.63, 3.8) is 0 Å². The van der Waals surface area contributed by atoms with Crippen molar-refractivity contribution in [2.75, 3.05) is 25.0 Å². The minimum atomic E-state index is -0.984. The van der Waals surface area contributed by atoms with Gasteiger partial charge in [-0.25, -0.2) is 19.0 Å². The van der Waals surface area contributed by atoms with E-state index in [9.17, 15) is 14.0 Å². The molecule has 0 spiro atoms. The highest BCUT2D eigenvalue weighted by Gasteiger charge is 2.26. The smallest absolute Gasteiger partial charge is 0.407 e. The lowest BCUT2D eigenvalue weighted by molar-refractivity contribution is -0.137. The van der Waals surface area contributed by atoms with Gasteiger partial charge in [-0.15, -0.1) is 0 Å². The number of carbonyl (C=O) groups is 2. The van der Waals surface area contributed by atoms with E-state index in [2.05, 4.69) is 10.3 Å². The molecular formula is C15H18FN3O4. The zero-order valence-electron chi connectivity index (χ0n) is 12.7. The summed E-state index contributed by atoms with van der Waals surface area (Å²) < 4.78 is 18.8. The van der Waals surface area contributed by atoms with Gasteiger partial charge in [0.05, 0.1) is 6.61 Å². The molecule has 124 valence electrons. The predicted molar refractivity (Wildman–Crippen MR) is 81.5 cm³/mol. The Kier molecular flexibility index (Phi) is 5.51. The number of halogens is 1. The van der Waals surface area contributed by atoms with Gasteiger partial charge in [0.25, 0.3) is 0 Å². The van der Waals surface area contributed by atoms with Crippen molar-refractivity contribution in [2.24, 2.45) is 0 Å². The van der Waals surface area contributed by atoms with Crippen LogP contribution in [0.5, 0.6) is 0 Å². The number of rotatable bonds is 5. The van der Waals surface area contributed by atoms with Crippen LogP contribution >= 0.6 is 0 Å². The molecule has 2 heterocycles. The molecule has 2 rings (SSSR count). The number of esters is 1. The average Bonchev–Trinajstić information content (AvgIpc) is 2.97. The number of nitrogens with one attached hydrogen (secondary N) is 1. The first-order valence-electron chi connectivity index (χ1n) is 7.24. The maximum atomic E-state index is 14.0. The molecule has 8 heteroatoms. The van der Waals surface area contributed by atoms with Crippen LogP contribution in [0.2, 0.25) is 0 Å². The molecule has 2 N–H and O–H groups in total. The molecule has 1 saturated heterocycles. The minimum Gasteiger partial charge on any atom is -0.465 e. The number of ether oxygens (including phenoxy) is 1. The minimum absolute atomic E-state index is 0.0653. The third-order valence-corrected chi connectivity index (χ3v) is 3.36. The number of carbonyl (C=O) groups excluding carboxylic acids is 1. The van der Waals surface area contributed by atoms with Gasteiger partial charge in [-0.2, -0.15) is 0 Å². The Hall–Kier alpha value is -2.64. The van der Waals surface area contributed by atoms with Gasteiger partial charge in [0.2, 0.25) is 0 Å². The standard InChI is InChI=1S/C15H18FN3O4/c1-2-23-13(20)4-3-10-7-12(16)14(17-8-10)18-11-5-6-19(9-11)15(21)22/h3-4,7-8,11H,2,5-6,9H2,1H3,(H,17,18)(H,21,22)/b4-3+/t11-/m1/s1. The number of hydrogen-bond donors (Lipinski definition) is 2. The van der Waals surface area contributed by atoms with Crippen molar-refractivity contribution in [1.29, 1.82) is 0 Å². The van der Waals surface area contributed by atoms with E-state index in [0.717, 1.165) is 0 Å². The molecule has 1 amide bonds. The second-order valence-corrected chi connectivity index (χ2v) is 5.04. The molecule has 23 heavy (non-hydrogen) atoms. The molecule has 1 aromatic heterocycles. The molecule has 7 nitrogen and oxygen atoms in total. The number of hydrogen-bond acceptors (Lipinski definition) is 5. The summed E-state index contributed by atoms with van der Waals surface area (Å²) in [6.07, 6.45) is 3.65. The number of anilines is 1. The number of amides is 1. The number of pyridine rings is 1. The second kappa shape index (κ2) is 7.57. The van der Waals surface area contributed by atoms with Crippen LogP contribution in [0.1, 0.15) is 18.9 Å². The van der Waals surface area contributed by atoms with Crippen molar-refractivity contribution in [1.82, 2.24) is 9.88 Å². The van der Waals surface area contributed by atoms with Gasteiger partial charge < -0.3 is 20.1 Å². The van der Waals surface area contributed by atoms with Crippen LogP contribution in [0.15, 0.2) is 18.3 Å². The van der Waals surface area contributed by atoms with Gasteiger partial charge in [0.15, 0.2) is 11.6 Å². The van der Waals surface area contributed by atoms with E-state index < -0.39 is 17.9 Å². The fraction of sp³-hybridized carbons (Fsp3) is 0.400. The lowest BCUT2D eigenvalue weighted by Crippen LogP contribution is -2.30. The monoisotopic (exact) mass is 323 g/mol. The Morgan fingerprint density at radius 3 is 3.00 bits per heavy atom. The van der Waals surface area contributed by atoms with E-state index in [1.165, 1.54) is 29.3 Å². The second-order valence-electron chi connectivity index (χ2n) is 5.04. The summed E-state index contributed by atoms with van der Waals surface area (Å²) in [5, 5.41) is 11.8. The summed E-state index contributed by atoms with van der Waals surface area (Å²) in [6.45, 7) is 2.67. The Bertz CT molecular complexity index is 621. The Labute approximate surface area is 132 Å². The molecule has 1 atom stereocenters. The first-order chi connectivity index (χ1) is 11.0. The lowest BCUT2D eigenvalue weighted by atomic mass is 10.2. The van der Waals surface area contributed by atoms with E-state index in [1.54, 1.807) is 6.92 Å². The highest BCUT2D eigenvalue weighted by molar-refractivity contribution is 5.87. The lowest BCUT2D eigenvalue weighted by Gasteiger charge is -2.14. The van der Waals surface area contributed by atoms with E-state index in [1.807, 2.05) is 0 Å². The van der Waals surface area contributed by atoms with Gasteiger partial charge in [0, 0.05) is 31.4 Å². The molecule has 0 bridgehead atoms. The summed E-state index contributed by atoms with van der Waals surface area (Å²) in [7, 11) is 0. The molecular weight excluding hydrogens is 305 g/mol. The zero-order chi connectivity index (χ0) is 16.8. The number of carboxylic acid groups (broad SMARTS) is 1. The molecule has 0 saturated carbocycles. The van der Waals surface area contributed by atoms with Crippen LogP contribution in [-0.4, -0.2) is 52.8 Å². The van der Waals surface area contributed by atoms with Crippen LogP contribution in [0.25, 0.3) is 6.08 Å². The van der Waals surface area contributed by atoms with Gasteiger partial charge >= 0.3 is 12.1 Å². The number of likely N-dealkylation sites (tertiary alicyclic amines) is 1. The first kappa shape index (κ1) is 16.7. The van der Waals surface area contributed by atoms with Crippen molar-refractivity contribution >= 4 is 24.0 Å². The third kappa shape index (κ3) is 4.67. The highest BCUT2D eigenvalue weighted by atomic mass is 19.1. The maximum Gasteiger partial charge on any atom is 0.407 e. The largest absolute Gasteiger partial charge is 0.465 e. The van der Waals surface area contributed by atoms with Crippen molar-refractivity contribution < 1.29 is 23.8 Å². The van der Waals surface area contributed by atoms with Gasteiger partial charge in [0.1, 0.15) is 0 Å². The molecule has 1 fully saturated rings. The fourth-order valence-electron chi connectivity index (χ4n) is 2.25. The Balaban J connectivity index is 1.97. The van der Waals surface area contributed by atoms with E-state index in [0.29, 0.717) is 25.1 Å². The van der Waals surface area contributed by atoms with Crippen LogP contribution in [0.3, 0.4) is 0 Å². The number of aromatic nitrogens is 1. The van der Waals surface area contributed by atoms with E-state index >= 15 is 0 Å². The molecule has 0 unspecified atom stereocenters. The first-order valence-corrected chi connectivity index (χ1v) is 7.24. The van der Waals surface area contributed by atoms with Crippen molar-refractivity contribution in [2.45, 2.75) is 19.4 Å². The van der Waals surface area contributed by atoms with E-state index in [4.69, 9.17) is 9.84 Å². The normalized spacial score (nSPS) is 17.5. The molecule has 1 aliphatic rings. The van der Waals surface area contributed by atoms with Crippen LogP contribution in [0, 0.1) is 5.82 Å². The van der Waals surface area contributed by atoms with Crippen LogP contribution in [-0.2, 0) is 9.53 Å². The highest BCUT2D eigenvalue weighted by Crippen LogP contribution is 2.18. The summed E-state index contributed by atoms with van der Waals surface area (Å²) in [5.74, 6) is -1.00. The summed E-state index contributed by atoms with van der Waals surface area (Å²) >= 11 is 0. The van der Waals surface area contributed by atoms with Crippen molar-refractivity contribution in [3.8, 4) is 0 Å². The topological polar surface area (TPSA) is 91.8 Å². The van der Waals surface area contributed by atoms with Crippen molar-refractivity contribution in [3.05, 3.63) is 29.7 Å². The maximum absolute atomic E-state index is 14.0. The van der Waals surface area contributed by atoms with Gasteiger partial charge in [-0.05, 0) is 31.1 Å². The zero-order valence-corrected chi connectivity index (χ0v) is 12.7. The summed E-state index contributed by atoms with van der Waals surface area (Å²) in [5.41, 5.74) is 0.430. The van der Waals surface area contributed by atoms with Crippen LogP contribution < -0.4 is 5.32 Å². The average molecular weight is 323 g/mol.